The van der Waals surface area contributed by atoms with Gasteiger partial charge in [0.25, 0.3) is 0 Å². The molecule has 2 rings (SSSR count). The summed E-state index contributed by atoms with van der Waals surface area (Å²) in [5.74, 6) is 1.02. The summed E-state index contributed by atoms with van der Waals surface area (Å²) in [4.78, 5) is 2.58. The average Bonchev–Trinajstić information content (AvgIpc) is 2.46. The second-order valence-electron chi connectivity index (χ2n) is 4.83. The maximum atomic E-state index is 5.52. The van der Waals surface area contributed by atoms with Gasteiger partial charge in [-0.2, -0.15) is 0 Å². The molecule has 20 heavy (non-hydrogen) atoms. The molecule has 0 aromatic heterocycles. The molecule has 1 saturated heterocycles. The molecule has 1 heterocycles. The normalized spacial score (nSPS) is 16.7. The molecule has 1 N–H and O–H groups in total. The number of nitrogens with one attached hydrogen (secondary N) is 1. The van der Waals surface area contributed by atoms with Crippen molar-refractivity contribution < 1.29 is 4.74 Å². The fourth-order valence-corrected chi connectivity index (χ4v) is 2.74. The van der Waals surface area contributed by atoms with E-state index >= 15 is 0 Å². The van der Waals surface area contributed by atoms with Gasteiger partial charge < -0.3 is 10.1 Å². The third-order valence-corrected chi connectivity index (χ3v) is 3.65. The summed E-state index contributed by atoms with van der Waals surface area (Å²) >= 11 is 0. The van der Waals surface area contributed by atoms with Crippen molar-refractivity contribution in [1.29, 1.82) is 0 Å². The van der Waals surface area contributed by atoms with Crippen LogP contribution in [-0.2, 0) is 0 Å². The summed E-state index contributed by atoms with van der Waals surface area (Å²) in [5.41, 5.74) is 1.34. The van der Waals surface area contributed by atoms with E-state index in [-0.39, 0.29) is 24.8 Å². The van der Waals surface area contributed by atoms with Gasteiger partial charge in [0.2, 0.25) is 0 Å². The first kappa shape index (κ1) is 19.5. The zero-order valence-electron chi connectivity index (χ0n) is 12.3. The summed E-state index contributed by atoms with van der Waals surface area (Å²) < 4.78 is 5.52. The third kappa shape index (κ3) is 4.81. The minimum Gasteiger partial charge on any atom is -0.496 e. The number of hydrogen-bond donors (Lipinski definition) is 1. The highest BCUT2D eigenvalue weighted by Crippen LogP contribution is 2.32. The van der Waals surface area contributed by atoms with Crippen molar-refractivity contribution in [3.8, 4) is 5.75 Å². The highest BCUT2D eigenvalue weighted by molar-refractivity contribution is 5.85. The van der Waals surface area contributed by atoms with Gasteiger partial charge >= 0.3 is 0 Å². The Labute approximate surface area is 134 Å². The van der Waals surface area contributed by atoms with Crippen LogP contribution < -0.4 is 10.1 Å². The van der Waals surface area contributed by atoms with E-state index in [9.17, 15) is 0 Å². The second-order valence-corrected chi connectivity index (χ2v) is 4.83. The summed E-state index contributed by atoms with van der Waals surface area (Å²) in [6, 6.07) is 8.93. The molecular weight excluding hydrogens is 295 g/mol. The maximum absolute atomic E-state index is 5.52. The Bertz CT molecular complexity index is 371. The molecule has 0 bridgehead atoms. The molecule has 116 valence electrons. The van der Waals surface area contributed by atoms with Gasteiger partial charge in [0.1, 0.15) is 5.75 Å². The third-order valence-electron chi connectivity index (χ3n) is 3.65. The van der Waals surface area contributed by atoms with E-state index < -0.39 is 0 Å². The van der Waals surface area contributed by atoms with Crippen LogP contribution in [0.4, 0.5) is 0 Å². The molecule has 0 unspecified atom stereocenters. The number of methoxy groups -OCH3 is 1. The Hall–Kier alpha value is -0.480. The SMILES string of the molecule is CCC[C@@H](c1ccccc1OC)N1CCNCC1.Cl.Cl. The van der Waals surface area contributed by atoms with E-state index in [4.69, 9.17) is 4.74 Å². The zero-order chi connectivity index (χ0) is 12.8. The number of hydrogen-bond acceptors (Lipinski definition) is 3. The largest absolute Gasteiger partial charge is 0.496 e. The fourth-order valence-electron chi connectivity index (χ4n) is 2.74. The molecule has 1 aliphatic rings. The van der Waals surface area contributed by atoms with Crippen LogP contribution in [0.25, 0.3) is 0 Å². The zero-order valence-corrected chi connectivity index (χ0v) is 13.9. The van der Waals surface area contributed by atoms with Crippen LogP contribution in [0, 0.1) is 0 Å². The number of benzene rings is 1. The Morgan fingerprint density at radius 1 is 1.20 bits per heavy atom. The second kappa shape index (κ2) is 10.3. The standard InChI is InChI=1S/C15H24N2O.2ClH/c1-3-6-14(17-11-9-16-10-12-17)13-7-4-5-8-15(13)18-2;;/h4-5,7-8,14,16H,3,6,9-12H2,1-2H3;2*1H/t14-;;/m0../s1. The average molecular weight is 321 g/mol. The van der Waals surface area contributed by atoms with Crippen LogP contribution in [0.1, 0.15) is 31.4 Å². The number of nitrogens with zero attached hydrogens (tertiary/aromatic N) is 1. The lowest BCUT2D eigenvalue weighted by Crippen LogP contribution is -2.45. The van der Waals surface area contributed by atoms with Crippen molar-refractivity contribution in [2.45, 2.75) is 25.8 Å². The van der Waals surface area contributed by atoms with Gasteiger partial charge in [0.15, 0.2) is 0 Å². The van der Waals surface area contributed by atoms with E-state index in [0.29, 0.717) is 6.04 Å². The molecule has 1 aliphatic heterocycles. The van der Waals surface area contributed by atoms with Gasteiger partial charge in [0.05, 0.1) is 7.11 Å². The highest BCUT2D eigenvalue weighted by Gasteiger charge is 2.23. The summed E-state index contributed by atoms with van der Waals surface area (Å²) in [6.45, 7) is 6.70. The van der Waals surface area contributed by atoms with Crippen LogP contribution in [0.3, 0.4) is 0 Å². The molecule has 1 fully saturated rings. The van der Waals surface area contributed by atoms with Gasteiger partial charge in [-0.05, 0) is 12.5 Å². The van der Waals surface area contributed by atoms with Crippen molar-refractivity contribution >= 4 is 24.8 Å². The maximum Gasteiger partial charge on any atom is 0.123 e. The van der Waals surface area contributed by atoms with Crippen LogP contribution in [0.15, 0.2) is 24.3 Å². The summed E-state index contributed by atoms with van der Waals surface area (Å²) in [5, 5.41) is 3.42. The Morgan fingerprint density at radius 3 is 2.45 bits per heavy atom. The van der Waals surface area contributed by atoms with Crippen molar-refractivity contribution in [1.82, 2.24) is 10.2 Å². The van der Waals surface area contributed by atoms with Crippen LogP contribution in [0.5, 0.6) is 5.75 Å². The Morgan fingerprint density at radius 2 is 1.85 bits per heavy atom. The number of halogens is 2. The molecule has 1 aromatic rings. The van der Waals surface area contributed by atoms with Gasteiger partial charge in [-0.1, -0.05) is 31.5 Å². The van der Waals surface area contributed by atoms with Crippen molar-refractivity contribution in [2.75, 3.05) is 33.3 Å². The van der Waals surface area contributed by atoms with Crippen molar-refractivity contribution in [3.05, 3.63) is 29.8 Å². The smallest absolute Gasteiger partial charge is 0.123 e. The first-order chi connectivity index (χ1) is 8.86. The van der Waals surface area contributed by atoms with Gasteiger partial charge in [-0.3, -0.25) is 4.90 Å². The van der Waals surface area contributed by atoms with Crippen molar-refractivity contribution in [3.63, 3.8) is 0 Å². The van der Waals surface area contributed by atoms with E-state index in [2.05, 4.69) is 35.3 Å². The Kier molecular flexibility index (Phi) is 10.0. The molecule has 5 heteroatoms. The molecule has 0 spiro atoms. The molecular formula is C15H26Cl2N2O. The number of rotatable bonds is 5. The van der Waals surface area contributed by atoms with Gasteiger partial charge in [-0.25, -0.2) is 0 Å². The van der Waals surface area contributed by atoms with Crippen LogP contribution in [-0.4, -0.2) is 38.2 Å². The molecule has 1 aromatic carbocycles. The minimum atomic E-state index is 0. The monoisotopic (exact) mass is 320 g/mol. The summed E-state index contributed by atoms with van der Waals surface area (Å²) in [6.07, 6.45) is 2.40. The highest BCUT2D eigenvalue weighted by atomic mass is 35.5. The summed E-state index contributed by atoms with van der Waals surface area (Å²) in [7, 11) is 1.76. The Balaban J connectivity index is 0.00000180. The number of piperazine rings is 1. The number of ether oxygens (including phenoxy) is 1. The van der Waals surface area contributed by atoms with Crippen LogP contribution in [0.2, 0.25) is 0 Å². The lowest BCUT2D eigenvalue weighted by molar-refractivity contribution is 0.162. The molecule has 0 saturated carbocycles. The van der Waals surface area contributed by atoms with Gasteiger partial charge in [0, 0.05) is 37.8 Å². The molecule has 1 atom stereocenters. The molecule has 3 nitrogen and oxygen atoms in total. The fraction of sp³-hybridized carbons (Fsp3) is 0.600. The van der Waals surface area contributed by atoms with E-state index in [1.807, 2.05) is 6.07 Å². The quantitative estimate of drug-likeness (QED) is 0.901. The van der Waals surface area contributed by atoms with E-state index in [1.54, 1.807) is 7.11 Å². The van der Waals surface area contributed by atoms with Crippen molar-refractivity contribution in [2.24, 2.45) is 0 Å². The first-order valence-electron chi connectivity index (χ1n) is 6.94. The van der Waals surface area contributed by atoms with Gasteiger partial charge in [-0.15, -0.1) is 24.8 Å². The predicted octanol–water partition coefficient (Wildman–Crippen LogP) is 3.29. The molecule has 0 amide bonds. The molecule has 0 aliphatic carbocycles. The minimum absolute atomic E-state index is 0. The van der Waals surface area contributed by atoms with E-state index in [1.165, 1.54) is 18.4 Å². The molecule has 0 radical (unpaired) electrons. The lowest BCUT2D eigenvalue weighted by atomic mass is 9.99. The topological polar surface area (TPSA) is 24.5 Å². The van der Waals surface area contributed by atoms with Crippen LogP contribution >= 0.6 is 24.8 Å². The van der Waals surface area contributed by atoms with E-state index in [0.717, 1.165) is 31.9 Å². The predicted molar refractivity (Wildman–Crippen MR) is 89.6 cm³/mol. The lowest BCUT2D eigenvalue weighted by Gasteiger charge is -2.35. The number of para-hydroxylation sites is 1. The first-order valence-corrected chi connectivity index (χ1v) is 6.94.